The maximum absolute atomic E-state index is 14.1. The highest BCUT2D eigenvalue weighted by atomic mass is 19.1. The summed E-state index contributed by atoms with van der Waals surface area (Å²) in [7, 11) is 0. The van der Waals surface area contributed by atoms with Crippen LogP contribution in [0.25, 0.3) is 0 Å². The number of nitrogens with zero attached hydrogens (tertiary/aromatic N) is 2. The molecule has 1 N–H and O–H groups in total. The summed E-state index contributed by atoms with van der Waals surface area (Å²) in [5, 5.41) is 10.4. The van der Waals surface area contributed by atoms with Crippen molar-refractivity contribution in [3.8, 4) is 0 Å². The zero-order valence-corrected chi connectivity index (χ0v) is 12.1. The number of nitrogens with one attached hydrogen (secondary N) is 1. The van der Waals surface area contributed by atoms with Crippen LogP contribution in [0.1, 0.15) is 40.9 Å². The van der Waals surface area contributed by atoms with Gasteiger partial charge in [-0.15, -0.1) is 0 Å². The largest absolute Gasteiger partial charge is 0.342 e. The van der Waals surface area contributed by atoms with Crippen LogP contribution in [-0.4, -0.2) is 16.1 Å². The number of halogens is 2. The van der Waals surface area contributed by atoms with E-state index < -0.39 is 17.2 Å². The minimum Gasteiger partial charge on any atom is -0.342 e. The highest BCUT2D eigenvalue weighted by Gasteiger charge is 2.42. The molecule has 0 saturated heterocycles. The van der Waals surface area contributed by atoms with Crippen molar-refractivity contribution >= 4 is 5.91 Å². The molecular weight excluding hydrogens is 288 g/mol. The molecule has 4 nitrogen and oxygen atoms in total. The average molecular weight is 303 g/mol. The number of carbonyl (C=O) groups excluding carboxylic acids is 1. The van der Waals surface area contributed by atoms with E-state index >= 15 is 0 Å². The molecule has 3 rings (SSSR count). The number of amides is 1. The zero-order valence-electron chi connectivity index (χ0n) is 12.1. The van der Waals surface area contributed by atoms with Crippen LogP contribution >= 0.6 is 0 Å². The van der Waals surface area contributed by atoms with Crippen LogP contribution in [0.15, 0.2) is 30.5 Å². The maximum Gasteiger partial charge on any atom is 0.253 e. The molecule has 0 unspecified atom stereocenters. The Kier molecular flexibility index (Phi) is 3.60. The normalized spacial score (nSPS) is 16.0. The molecule has 1 heterocycles. The van der Waals surface area contributed by atoms with Crippen molar-refractivity contribution < 1.29 is 13.6 Å². The lowest BCUT2D eigenvalue weighted by Gasteiger charge is -2.43. The SMILES string of the molecule is Cc1cc(C(=O)NC2(c3ccc(F)cc3F)CCC2)cnn1. The van der Waals surface area contributed by atoms with Crippen LogP contribution in [0.3, 0.4) is 0 Å². The Labute approximate surface area is 126 Å². The van der Waals surface area contributed by atoms with Crippen molar-refractivity contribution in [2.45, 2.75) is 31.7 Å². The summed E-state index contributed by atoms with van der Waals surface area (Å²) >= 11 is 0. The van der Waals surface area contributed by atoms with Gasteiger partial charge in [0.1, 0.15) is 11.6 Å². The Hall–Kier alpha value is -2.37. The summed E-state index contributed by atoms with van der Waals surface area (Å²) in [5.41, 5.74) is 0.559. The maximum atomic E-state index is 14.1. The third kappa shape index (κ3) is 2.56. The van der Waals surface area contributed by atoms with Crippen molar-refractivity contribution in [3.05, 3.63) is 58.9 Å². The first-order chi connectivity index (χ1) is 10.5. The van der Waals surface area contributed by atoms with Crippen molar-refractivity contribution in [2.24, 2.45) is 0 Å². The smallest absolute Gasteiger partial charge is 0.253 e. The van der Waals surface area contributed by atoms with Crippen LogP contribution in [0, 0.1) is 18.6 Å². The second-order valence-corrected chi connectivity index (χ2v) is 5.60. The first-order valence-corrected chi connectivity index (χ1v) is 7.08. The van der Waals surface area contributed by atoms with Gasteiger partial charge in [-0.25, -0.2) is 8.78 Å². The molecule has 6 heteroatoms. The molecule has 1 amide bonds. The van der Waals surface area contributed by atoms with E-state index in [4.69, 9.17) is 0 Å². The number of carbonyl (C=O) groups is 1. The first-order valence-electron chi connectivity index (χ1n) is 7.08. The van der Waals surface area contributed by atoms with Crippen molar-refractivity contribution in [3.63, 3.8) is 0 Å². The molecule has 0 radical (unpaired) electrons. The summed E-state index contributed by atoms with van der Waals surface area (Å²) < 4.78 is 27.2. The van der Waals surface area contributed by atoms with E-state index in [0.29, 0.717) is 29.7 Å². The number of rotatable bonds is 3. The minimum absolute atomic E-state index is 0.326. The third-order valence-electron chi connectivity index (χ3n) is 4.05. The standard InChI is InChI=1S/C16H15F2N3O/c1-10-7-11(9-19-21-10)15(22)20-16(5-2-6-16)13-4-3-12(17)8-14(13)18/h3-4,7-9H,2,5-6H2,1H3,(H,20,22). The number of aromatic nitrogens is 2. The number of aryl methyl sites for hydroxylation is 1. The summed E-state index contributed by atoms with van der Waals surface area (Å²) in [6.45, 7) is 1.74. The summed E-state index contributed by atoms with van der Waals surface area (Å²) in [5.74, 6) is -1.60. The van der Waals surface area contributed by atoms with Gasteiger partial charge >= 0.3 is 0 Å². The zero-order chi connectivity index (χ0) is 15.7. The highest BCUT2D eigenvalue weighted by Crippen LogP contribution is 2.42. The van der Waals surface area contributed by atoms with Crippen molar-refractivity contribution in [1.29, 1.82) is 0 Å². The van der Waals surface area contributed by atoms with Crippen LogP contribution < -0.4 is 5.32 Å². The molecule has 114 valence electrons. The van der Waals surface area contributed by atoms with E-state index in [-0.39, 0.29) is 5.91 Å². The predicted octanol–water partition coefficient (Wildman–Crippen LogP) is 2.87. The molecule has 0 atom stereocenters. The Morgan fingerprint density at radius 2 is 2.05 bits per heavy atom. The van der Waals surface area contributed by atoms with Crippen LogP contribution in [0.2, 0.25) is 0 Å². The van der Waals surface area contributed by atoms with Crippen molar-refractivity contribution in [1.82, 2.24) is 15.5 Å². The third-order valence-corrected chi connectivity index (χ3v) is 4.05. The second-order valence-electron chi connectivity index (χ2n) is 5.60. The molecule has 0 aliphatic heterocycles. The monoisotopic (exact) mass is 303 g/mol. The fraction of sp³-hybridized carbons (Fsp3) is 0.312. The first kappa shape index (κ1) is 14.6. The fourth-order valence-corrected chi connectivity index (χ4v) is 2.76. The molecule has 2 aromatic rings. The molecule has 1 aliphatic carbocycles. The number of hydrogen-bond acceptors (Lipinski definition) is 3. The molecule has 0 spiro atoms. The molecular formula is C16H15F2N3O. The van der Waals surface area contributed by atoms with Gasteiger partial charge in [0.2, 0.25) is 0 Å². The van der Waals surface area contributed by atoms with Gasteiger partial charge in [-0.1, -0.05) is 6.07 Å². The molecule has 22 heavy (non-hydrogen) atoms. The van der Waals surface area contributed by atoms with Gasteiger partial charge in [-0.3, -0.25) is 4.79 Å². The number of benzene rings is 1. The lowest BCUT2D eigenvalue weighted by atomic mass is 9.71. The quantitative estimate of drug-likeness (QED) is 0.948. The van der Waals surface area contributed by atoms with E-state index in [1.165, 1.54) is 18.3 Å². The van der Waals surface area contributed by atoms with Crippen LogP contribution in [-0.2, 0) is 5.54 Å². The van der Waals surface area contributed by atoms with E-state index in [2.05, 4.69) is 15.5 Å². The molecule has 1 aromatic carbocycles. The fourth-order valence-electron chi connectivity index (χ4n) is 2.76. The van der Waals surface area contributed by atoms with Gasteiger partial charge in [0.05, 0.1) is 23.0 Å². The van der Waals surface area contributed by atoms with Gasteiger partial charge in [0.15, 0.2) is 0 Å². The lowest BCUT2D eigenvalue weighted by Crippen LogP contribution is -2.51. The predicted molar refractivity (Wildman–Crippen MR) is 76.1 cm³/mol. The molecule has 1 fully saturated rings. The Morgan fingerprint density at radius 1 is 1.27 bits per heavy atom. The summed E-state index contributed by atoms with van der Waals surface area (Å²) in [4.78, 5) is 12.4. The van der Waals surface area contributed by atoms with E-state index in [1.807, 2.05) is 0 Å². The van der Waals surface area contributed by atoms with E-state index in [1.54, 1.807) is 13.0 Å². The molecule has 1 aliphatic rings. The Morgan fingerprint density at radius 3 is 2.64 bits per heavy atom. The van der Waals surface area contributed by atoms with Gasteiger partial charge in [0.25, 0.3) is 5.91 Å². The number of hydrogen-bond donors (Lipinski definition) is 1. The second kappa shape index (κ2) is 5.44. The van der Waals surface area contributed by atoms with Crippen LogP contribution in [0.5, 0.6) is 0 Å². The topological polar surface area (TPSA) is 54.9 Å². The summed E-state index contributed by atoms with van der Waals surface area (Å²) in [6, 6.07) is 5.08. The van der Waals surface area contributed by atoms with Crippen LogP contribution in [0.4, 0.5) is 8.78 Å². The average Bonchev–Trinajstić information content (AvgIpc) is 2.43. The molecule has 1 aromatic heterocycles. The molecule has 0 bridgehead atoms. The Bertz CT molecular complexity index is 729. The Balaban J connectivity index is 1.89. The van der Waals surface area contributed by atoms with Gasteiger partial charge < -0.3 is 5.32 Å². The lowest BCUT2D eigenvalue weighted by molar-refractivity contribution is 0.0817. The summed E-state index contributed by atoms with van der Waals surface area (Å²) in [6.07, 6.45) is 3.50. The van der Waals surface area contributed by atoms with Gasteiger partial charge in [-0.2, -0.15) is 10.2 Å². The van der Waals surface area contributed by atoms with Crippen molar-refractivity contribution in [2.75, 3.05) is 0 Å². The minimum atomic E-state index is -0.772. The highest BCUT2D eigenvalue weighted by molar-refractivity contribution is 5.94. The van der Waals surface area contributed by atoms with Gasteiger partial charge in [-0.05, 0) is 38.3 Å². The van der Waals surface area contributed by atoms with E-state index in [9.17, 15) is 13.6 Å². The van der Waals surface area contributed by atoms with Gasteiger partial charge in [0, 0.05) is 11.6 Å². The van der Waals surface area contributed by atoms with E-state index in [0.717, 1.165) is 12.5 Å². The molecule has 1 saturated carbocycles.